The first-order chi connectivity index (χ1) is 12.1. The minimum Gasteiger partial charge on any atom is -0.233 e. The Kier molecular flexibility index (Phi) is 5.69. The molecule has 0 aliphatic carbocycles. The number of primary sulfonamides is 1. The first-order valence-electron chi connectivity index (χ1n) is 7.43. The zero-order valence-corrected chi connectivity index (χ0v) is 15.6. The summed E-state index contributed by atoms with van der Waals surface area (Å²) in [5.74, 6) is 0. The van der Waals surface area contributed by atoms with Crippen LogP contribution in [0.5, 0.6) is 0 Å². The Labute approximate surface area is 160 Å². The predicted octanol–water partition coefficient (Wildman–Crippen LogP) is 3.94. The average Bonchev–Trinajstić information content (AvgIpc) is 3.00. The number of nitrogens with two attached hydrogens (primary N) is 1. The van der Waals surface area contributed by atoms with Gasteiger partial charge in [0.1, 0.15) is 0 Å². The summed E-state index contributed by atoms with van der Waals surface area (Å²) in [6.45, 7) is 1.87. The molecule has 5 nitrogen and oxygen atoms in total. The number of hydrogen-bond acceptors (Lipinski definition) is 3. The molecule has 0 amide bonds. The molecule has 0 saturated carbocycles. The lowest BCUT2D eigenvalue weighted by atomic mass is 10.1. The Morgan fingerprint density at radius 1 is 1.00 bits per heavy atom. The van der Waals surface area contributed by atoms with E-state index >= 15 is 0 Å². The molecule has 3 rings (SSSR count). The van der Waals surface area contributed by atoms with Crippen LogP contribution < -0.4 is 5.14 Å². The summed E-state index contributed by atoms with van der Waals surface area (Å²) >= 11 is 0. The molecule has 1 heterocycles. The second-order valence-electron chi connectivity index (χ2n) is 5.73. The molecule has 144 valence electrons. The number of alkyl halides is 3. The van der Waals surface area contributed by atoms with Gasteiger partial charge >= 0.3 is 6.18 Å². The van der Waals surface area contributed by atoms with Crippen LogP contribution in [0.3, 0.4) is 0 Å². The molecule has 1 aromatic heterocycles. The van der Waals surface area contributed by atoms with E-state index in [4.69, 9.17) is 5.14 Å². The van der Waals surface area contributed by atoms with Gasteiger partial charge in [-0.15, -0.1) is 12.4 Å². The molecule has 0 fully saturated rings. The third-order valence-electron chi connectivity index (χ3n) is 3.76. The molecular formula is C17H15ClF3N3O2S. The van der Waals surface area contributed by atoms with Gasteiger partial charge in [0.2, 0.25) is 10.0 Å². The monoisotopic (exact) mass is 417 g/mol. The van der Waals surface area contributed by atoms with E-state index in [0.717, 1.165) is 16.3 Å². The van der Waals surface area contributed by atoms with Crippen LogP contribution in [0.1, 0.15) is 11.3 Å². The minimum absolute atomic E-state index is 0. The van der Waals surface area contributed by atoms with Crippen molar-refractivity contribution >= 4 is 22.4 Å². The van der Waals surface area contributed by atoms with Crippen LogP contribution >= 0.6 is 12.4 Å². The molecule has 0 radical (unpaired) electrons. The van der Waals surface area contributed by atoms with E-state index < -0.39 is 21.9 Å². The van der Waals surface area contributed by atoms with Crippen molar-refractivity contribution in [2.24, 2.45) is 5.14 Å². The van der Waals surface area contributed by atoms with Crippen molar-refractivity contribution in [3.63, 3.8) is 0 Å². The maximum absolute atomic E-state index is 13.1. The van der Waals surface area contributed by atoms with Gasteiger partial charge in [0, 0.05) is 5.56 Å². The molecule has 0 saturated heterocycles. The number of aromatic nitrogens is 2. The normalized spacial score (nSPS) is 11.9. The smallest absolute Gasteiger partial charge is 0.233 e. The van der Waals surface area contributed by atoms with E-state index in [1.54, 1.807) is 24.3 Å². The lowest BCUT2D eigenvalue weighted by Crippen LogP contribution is -2.12. The molecule has 2 aromatic carbocycles. The van der Waals surface area contributed by atoms with E-state index in [1.807, 2.05) is 6.92 Å². The largest absolute Gasteiger partial charge is 0.435 e. The van der Waals surface area contributed by atoms with Crippen molar-refractivity contribution in [2.75, 3.05) is 0 Å². The zero-order valence-electron chi connectivity index (χ0n) is 13.9. The van der Waals surface area contributed by atoms with Gasteiger partial charge in [0.15, 0.2) is 5.69 Å². The van der Waals surface area contributed by atoms with Gasteiger partial charge in [0.05, 0.1) is 16.3 Å². The third kappa shape index (κ3) is 4.49. The summed E-state index contributed by atoms with van der Waals surface area (Å²) in [6.07, 6.45) is -4.61. The molecule has 0 aliphatic rings. The molecule has 0 aliphatic heterocycles. The standard InChI is InChI=1S/C17H14F3N3O2S.ClH/c1-11-2-4-12(5-3-11)15-10-16(17(18,19)20)22-23(15)13-6-8-14(9-7-13)26(21,24)25;/h2-10H,1H3,(H2,21,24,25);1H. The molecule has 0 bridgehead atoms. The van der Waals surface area contributed by atoms with Gasteiger partial charge < -0.3 is 0 Å². The Morgan fingerprint density at radius 3 is 2.04 bits per heavy atom. The van der Waals surface area contributed by atoms with Gasteiger partial charge in [-0.1, -0.05) is 29.8 Å². The van der Waals surface area contributed by atoms with E-state index in [1.165, 1.54) is 24.3 Å². The Bertz CT molecular complexity index is 1040. The molecular weight excluding hydrogens is 403 g/mol. The SMILES string of the molecule is Cc1ccc(-c2cc(C(F)(F)F)nn2-c2ccc(S(N)(=O)=O)cc2)cc1.Cl. The van der Waals surface area contributed by atoms with Gasteiger partial charge in [-0.25, -0.2) is 18.2 Å². The highest BCUT2D eigenvalue weighted by molar-refractivity contribution is 7.89. The predicted molar refractivity (Wildman–Crippen MR) is 97.4 cm³/mol. The second kappa shape index (κ2) is 7.34. The number of benzene rings is 2. The fourth-order valence-corrected chi connectivity index (χ4v) is 2.94. The number of halogens is 4. The second-order valence-corrected chi connectivity index (χ2v) is 7.29. The molecule has 0 spiro atoms. The molecule has 27 heavy (non-hydrogen) atoms. The summed E-state index contributed by atoms with van der Waals surface area (Å²) in [4.78, 5) is -0.138. The van der Waals surface area contributed by atoms with E-state index in [2.05, 4.69) is 5.10 Å². The van der Waals surface area contributed by atoms with Crippen molar-refractivity contribution < 1.29 is 21.6 Å². The number of rotatable bonds is 3. The summed E-state index contributed by atoms with van der Waals surface area (Å²) in [6, 6.07) is 13.1. The fourth-order valence-electron chi connectivity index (χ4n) is 2.42. The van der Waals surface area contributed by atoms with Crippen LogP contribution in [0.4, 0.5) is 13.2 Å². The highest BCUT2D eigenvalue weighted by Crippen LogP contribution is 2.33. The maximum atomic E-state index is 13.1. The quantitative estimate of drug-likeness (QED) is 0.701. The Balaban J connectivity index is 0.00000261. The first kappa shape index (κ1) is 20.9. The van der Waals surface area contributed by atoms with Crippen LogP contribution in [0.2, 0.25) is 0 Å². The lowest BCUT2D eigenvalue weighted by molar-refractivity contribution is -0.141. The van der Waals surface area contributed by atoms with Gasteiger partial charge in [-0.2, -0.15) is 18.3 Å². The van der Waals surface area contributed by atoms with Gasteiger partial charge in [0.25, 0.3) is 0 Å². The minimum atomic E-state index is -4.61. The topological polar surface area (TPSA) is 78.0 Å². The van der Waals surface area contributed by atoms with Crippen LogP contribution in [-0.4, -0.2) is 18.2 Å². The van der Waals surface area contributed by atoms with Crippen molar-refractivity contribution in [3.8, 4) is 16.9 Å². The maximum Gasteiger partial charge on any atom is 0.435 e. The Hall–Kier alpha value is -2.36. The van der Waals surface area contributed by atoms with Crippen LogP contribution in [0.25, 0.3) is 16.9 Å². The molecule has 3 aromatic rings. The van der Waals surface area contributed by atoms with Crippen molar-refractivity contribution in [1.29, 1.82) is 0 Å². The molecule has 0 atom stereocenters. The highest BCUT2D eigenvalue weighted by Gasteiger charge is 2.35. The number of sulfonamides is 1. The Morgan fingerprint density at radius 2 is 1.56 bits per heavy atom. The van der Waals surface area contributed by atoms with Crippen LogP contribution in [0.15, 0.2) is 59.5 Å². The molecule has 2 N–H and O–H groups in total. The van der Waals surface area contributed by atoms with Crippen LogP contribution in [0, 0.1) is 6.92 Å². The molecule has 0 unspecified atom stereocenters. The van der Waals surface area contributed by atoms with E-state index in [-0.39, 0.29) is 28.7 Å². The van der Waals surface area contributed by atoms with Crippen molar-refractivity contribution in [3.05, 3.63) is 65.9 Å². The lowest BCUT2D eigenvalue weighted by Gasteiger charge is -2.09. The number of aryl methyl sites for hydroxylation is 1. The van der Waals surface area contributed by atoms with Gasteiger partial charge in [-0.3, -0.25) is 0 Å². The number of nitrogens with zero attached hydrogens (tertiary/aromatic N) is 2. The summed E-state index contributed by atoms with van der Waals surface area (Å²) in [7, 11) is -3.90. The average molecular weight is 418 g/mol. The highest BCUT2D eigenvalue weighted by atomic mass is 35.5. The fraction of sp³-hybridized carbons (Fsp3) is 0.118. The van der Waals surface area contributed by atoms with E-state index in [9.17, 15) is 21.6 Å². The summed E-state index contributed by atoms with van der Waals surface area (Å²) < 4.78 is 63.2. The van der Waals surface area contributed by atoms with Crippen LogP contribution in [-0.2, 0) is 16.2 Å². The summed E-state index contributed by atoms with van der Waals surface area (Å²) in [5.41, 5.74) is 0.996. The van der Waals surface area contributed by atoms with Crippen molar-refractivity contribution in [2.45, 2.75) is 18.0 Å². The third-order valence-corrected chi connectivity index (χ3v) is 4.69. The van der Waals surface area contributed by atoms with E-state index in [0.29, 0.717) is 5.56 Å². The number of hydrogen-bond donors (Lipinski definition) is 1. The first-order valence-corrected chi connectivity index (χ1v) is 8.98. The zero-order chi connectivity index (χ0) is 19.1. The summed E-state index contributed by atoms with van der Waals surface area (Å²) in [5, 5.41) is 8.70. The molecule has 10 heteroatoms. The van der Waals surface area contributed by atoms with Gasteiger partial charge in [-0.05, 0) is 37.3 Å². The van der Waals surface area contributed by atoms with Crippen molar-refractivity contribution in [1.82, 2.24) is 9.78 Å².